The molecule has 104 valence electrons. The van der Waals surface area contributed by atoms with Crippen molar-refractivity contribution in [1.82, 2.24) is 4.98 Å². The summed E-state index contributed by atoms with van der Waals surface area (Å²) in [5.41, 5.74) is 11.5. The minimum absolute atomic E-state index is 0.0186. The van der Waals surface area contributed by atoms with Gasteiger partial charge in [0.25, 0.3) is 5.91 Å². The van der Waals surface area contributed by atoms with E-state index in [-0.39, 0.29) is 23.1 Å². The van der Waals surface area contributed by atoms with E-state index in [1.807, 2.05) is 0 Å². The first-order valence-corrected chi connectivity index (χ1v) is 6.21. The van der Waals surface area contributed by atoms with Crippen LogP contribution in [0, 0.1) is 5.41 Å². The Bertz CT molecular complexity index is 501. The van der Waals surface area contributed by atoms with E-state index in [2.05, 4.69) is 24.1 Å². The standard InChI is InChI=1S/C13H20N4O2/c1-13(2)9(5-10(13)19-3)17-11-4-7(12(15)18)8(14)6-16-11/h4,6,9-10H,5,14H2,1-3H3,(H2,15,18)(H,16,17). The normalized spacial score (nSPS) is 24.6. The van der Waals surface area contributed by atoms with Crippen LogP contribution in [0.3, 0.4) is 0 Å². The average molecular weight is 264 g/mol. The van der Waals surface area contributed by atoms with Crippen molar-refractivity contribution in [3.05, 3.63) is 17.8 Å². The molecule has 0 radical (unpaired) electrons. The van der Waals surface area contributed by atoms with E-state index >= 15 is 0 Å². The SMILES string of the molecule is COC1CC(Nc2cc(C(N)=O)c(N)cn2)C1(C)C. The van der Waals surface area contributed by atoms with Crippen molar-refractivity contribution in [1.29, 1.82) is 0 Å². The zero-order chi connectivity index (χ0) is 14.2. The van der Waals surface area contributed by atoms with E-state index in [0.29, 0.717) is 11.5 Å². The summed E-state index contributed by atoms with van der Waals surface area (Å²) < 4.78 is 5.40. The molecule has 1 saturated carbocycles. The molecular weight excluding hydrogens is 244 g/mol. The van der Waals surface area contributed by atoms with Crippen molar-refractivity contribution in [3.8, 4) is 0 Å². The number of carbonyl (C=O) groups excluding carboxylic acids is 1. The van der Waals surface area contributed by atoms with Crippen LogP contribution in [-0.4, -0.2) is 30.1 Å². The van der Waals surface area contributed by atoms with Crippen molar-refractivity contribution < 1.29 is 9.53 Å². The van der Waals surface area contributed by atoms with Crippen molar-refractivity contribution in [3.63, 3.8) is 0 Å². The number of primary amides is 1. The predicted molar refractivity (Wildman–Crippen MR) is 73.8 cm³/mol. The minimum Gasteiger partial charge on any atom is -0.397 e. The van der Waals surface area contributed by atoms with Gasteiger partial charge in [-0.05, 0) is 12.5 Å². The molecule has 0 aliphatic heterocycles. The Kier molecular flexibility index (Phi) is 3.36. The van der Waals surface area contributed by atoms with Crippen molar-refractivity contribution in [2.24, 2.45) is 11.1 Å². The summed E-state index contributed by atoms with van der Waals surface area (Å²) in [6, 6.07) is 1.84. The topological polar surface area (TPSA) is 103 Å². The quantitative estimate of drug-likeness (QED) is 0.752. The third kappa shape index (κ3) is 2.35. The Morgan fingerprint density at radius 3 is 2.79 bits per heavy atom. The Hall–Kier alpha value is -1.82. The number of amides is 1. The van der Waals surface area contributed by atoms with Gasteiger partial charge in [-0.25, -0.2) is 4.98 Å². The number of hydrogen-bond donors (Lipinski definition) is 3. The largest absolute Gasteiger partial charge is 0.397 e. The maximum absolute atomic E-state index is 11.2. The fourth-order valence-electron chi connectivity index (χ4n) is 2.47. The lowest BCUT2D eigenvalue weighted by Gasteiger charge is -2.51. The molecule has 0 aromatic carbocycles. The summed E-state index contributed by atoms with van der Waals surface area (Å²) in [5.74, 6) is 0.0567. The van der Waals surface area contributed by atoms with Crippen molar-refractivity contribution in [2.45, 2.75) is 32.4 Å². The van der Waals surface area contributed by atoms with Gasteiger partial charge in [0.05, 0.1) is 23.6 Å². The van der Waals surface area contributed by atoms with Gasteiger partial charge in [-0.2, -0.15) is 0 Å². The number of nitrogen functional groups attached to an aromatic ring is 1. The van der Waals surface area contributed by atoms with Gasteiger partial charge in [0, 0.05) is 18.6 Å². The molecule has 0 saturated heterocycles. The number of ether oxygens (including phenoxy) is 1. The first kappa shape index (κ1) is 13.6. The minimum atomic E-state index is -0.550. The molecule has 5 N–H and O–H groups in total. The van der Waals surface area contributed by atoms with Gasteiger partial charge >= 0.3 is 0 Å². The molecule has 0 bridgehead atoms. The van der Waals surface area contributed by atoms with Crippen molar-refractivity contribution in [2.75, 3.05) is 18.2 Å². The van der Waals surface area contributed by atoms with E-state index in [1.54, 1.807) is 13.2 Å². The molecule has 2 rings (SSSR count). The number of anilines is 2. The average Bonchev–Trinajstić information content (AvgIpc) is 2.35. The lowest BCUT2D eigenvalue weighted by molar-refractivity contribution is -0.0795. The maximum Gasteiger partial charge on any atom is 0.250 e. The van der Waals surface area contributed by atoms with E-state index in [9.17, 15) is 4.79 Å². The molecule has 6 nitrogen and oxygen atoms in total. The van der Waals surface area contributed by atoms with E-state index in [4.69, 9.17) is 16.2 Å². The fourth-order valence-corrected chi connectivity index (χ4v) is 2.47. The molecule has 19 heavy (non-hydrogen) atoms. The highest BCUT2D eigenvalue weighted by Crippen LogP contribution is 2.43. The van der Waals surface area contributed by atoms with E-state index < -0.39 is 5.91 Å². The molecule has 1 aromatic rings. The lowest BCUT2D eigenvalue weighted by atomic mass is 9.64. The summed E-state index contributed by atoms with van der Waals surface area (Å²) in [7, 11) is 1.72. The Morgan fingerprint density at radius 2 is 2.26 bits per heavy atom. The number of nitrogens with one attached hydrogen (secondary N) is 1. The third-order valence-corrected chi connectivity index (χ3v) is 3.98. The number of carbonyl (C=O) groups is 1. The molecule has 1 aliphatic rings. The summed E-state index contributed by atoms with van der Waals surface area (Å²) in [5, 5.41) is 3.30. The van der Waals surface area contributed by atoms with Crippen LogP contribution in [0.15, 0.2) is 12.3 Å². The van der Waals surface area contributed by atoms with Crippen LogP contribution in [0.2, 0.25) is 0 Å². The Labute approximate surface area is 112 Å². The molecule has 1 aliphatic carbocycles. The van der Waals surface area contributed by atoms with Crippen LogP contribution in [-0.2, 0) is 4.74 Å². The summed E-state index contributed by atoms with van der Waals surface area (Å²) >= 11 is 0. The highest BCUT2D eigenvalue weighted by atomic mass is 16.5. The Balaban J connectivity index is 2.13. The lowest BCUT2D eigenvalue weighted by Crippen LogP contribution is -2.57. The van der Waals surface area contributed by atoms with Crippen LogP contribution >= 0.6 is 0 Å². The third-order valence-electron chi connectivity index (χ3n) is 3.98. The second-order valence-electron chi connectivity index (χ2n) is 5.50. The summed E-state index contributed by atoms with van der Waals surface area (Å²) in [6.07, 6.45) is 2.58. The molecule has 2 atom stereocenters. The smallest absolute Gasteiger partial charge is 0.250 e. The molecular formula is C13H20N4O2. The second kappa shape index (κ2) is 4.70. The van der Waals surface area contributed by atoms with Crippen LogP contribution in [0.5, 0.6) is 0 Å². The number of aromatic nitrogens is 1. The molecule has 6 heteroatoms. The van der Waals surface area contributed by atoms with Crippen LogP contribution < -0.4 is 16.8 Å². The first-order chi connectivity index (χ1) is 8.86. The predicted octanol–water partition coefficient (Wildman–Crippen LogP) is 0.988. The molecule has 0 spiro atoms. The number of nitrogens with two attached hydrogens (primary N) is 2. The monoisotopic (exact) mass is 264 g/mol. The fraction of sp³-hybridized carbons (Fsp3) is 0.538. The van der Waals surface area contributed by atoms with Gasteiger partial charge in [0.1, 0.15) is 5.82 Å². The molecule has 1 amide bonds. The number of nitrogens with zero attached hydrogens (tertiary/aromatic N) is 1. The molecule has 1 fully saturated rings. The molecule has 1 aromatic heterocycles. The van der Waals surface area contributed by atoms with Crippen LogP contribution in [0.1, 0.15) is 30.6 Å². The zero-order valence-electron chi connectivity index (χ0n) is 11.4. The second-order valence-corrected chi connectivity index (χ2v) is 5.50. The van der Waals surface area contributed by atoms with Gasteiger partial charge < -0.3 is 21.5 Å². The number of pyridine rings is 1. The Morgan fingerprint density at radius 1 is 1.58 bits per heavy atom. The maximum atomic E-state index is 11.2. The van der Waals surface area contributed by atoms with Gasteiger partial charge in [-0.1, -0.05) is 13.8 Å². The highest BCUT2D eigenvalue weighted by Gasteiger charge is 2.48. The van der Waals surface area contributed by atoms with Gasteiger partial charge in [-0.3, -0.25) is 4.79 Å². The van der Waals surface area contributed by atoms with Gasteiger partial charge in [-0.15, -0.1) is 0 Å². The van der Waals surface area contributed by atoms with E-state index in [1.165, 1.54) is 6.20 Å². The number of methoxy groups -OCH3 is 1. The zero-order valence-corrected chi connectivity index (χ0v) is 11.4. The van der Waals surface area contributed by atoms with Gasteiger partial charge in [0.2, 0.25) is 0 Å². The molecule has 1 heterocycles. The highest BCUT2D eigenvalue weighted by molar-refractivity contribution is 5.98. The van der Waals surface area contributed by atoms with E-state index in [0.717, 1.165) is 6.42 Å². The van der Waals surface area contributed by atoms with Crippen LogP contribution in [0.25, 0.3) is 0 Å². The van der Waals surface area contributed by atoms with Crippen LogP contribution in [0.4, 0.5) is 11.5 Å². The number of rotatable bonds is 4. The summed E-state index contributed by atoms with van der Waals surface area (Å²) in [4.78, 5) is 15.4. The summed E-state index contributed by atoms with van der Waals surface area (Å²) in [6.45, 7) is 4.27. The number of hydrogen-bond acceptors (Lipinski definition) is 5. The molecule has 2 unspecified atom stereocenters. The first-order valence-electron chi connectivity index (χ1n) is 6.21. The van der Waals surface area contributed by atoms with Crippen molar-refractivity contribution >= 4 is 17.4 Å². The van der Waals surface area contributed by atoms with Gasteiger partial charge in [0.15, 0.2) is 0 Å².